The first-order chi connectivity index (χ1) is 5.91. The van der Waals surface area contributed by atoms with Crippen LogP contribution in [0.5, 0.6) is 0 Å². The first-order valence-corrected chi connectivity index (χ1v) is 7.04. The second-order valence-corrected chi connectivity index (χ2v) is 7.55. The van der Waals surface area contributed by atoms with Crippen molar-refractivity contribution in [2.24, 2.45) is 0 Å². The molecule has 0 aliphatic rings. The van der Waals surface area contributed by atoms with Gasteiger partial charge >= 0.3 is 0 Å². The Hall–Kier alpha value is -0.560. The fraction of sp³-hybridized carbons (Fsp3) is 0.143. The van der Waals surface area contributed by atoms with Gasteiger partial charge in [0.1, 0.15) is 0 Å². The summed E-state index contributed by atoms with van der Waals surface area (Å²) in [6, 6.07) is 6.52. The minimum Gasteiger partial charge on any atom is -0.399 e. The van der Waals surface area contributed by atoms with E-state index in [2.05, 4.69) is 0 Å². The maximum absolute atomic E-state index is 10.9. The summed E-state index contributed by atoms with van der Waals surface area (Å²) in [6.07, 6.45) is 1.51. The van der Waals surface area contributed by atoms with E-state index in [0.717, 1.165) is 0 Å². The molecule has 4 N–H and O–H groups in total. The molecule has 0 saturated heterocycles. The van der Waals surface area contributed by atoms with Crippen molar-refractivity contribution in [1.29, 1.82) is 0 Å². The second kappa shape index (κ2) is 3.67. The van der Waals surface area contributed by atoms with Crippen LogP contribution >= 0.6 is 0 Å². The number of rotatable bonds is 1. The van der Waals surface area contributed by atoms with Crippen LogP contribution < -0.4 is 5.73 Å². The molecular weight excluding hydrogens is 210 g/mol. The first kappa shape index (κ1) is 10.5. The molecule has 4 nitrogen and oxygen atoms in total. The van der Waals surface area contributed by atoms with E-state index < -0.39 is 18.5 Å². The smallest absolute Gasteiger partial charge is 0.227 e. The summed E-state index contributed by atoms with van der Waals surface area (Å²) in [5.41, 5.74) is 6.03. The van der Waals surface area contributed by atoms with Gasteiger partial charge in [0.25, 0.3) is 0 Å². The minimum atomic E-state index is -3.73. The lowest BCUT2D eigenvalue weighted by Gasteiger charge is -2.04. The van der Waals surface area contributed by atoms with Crippen molar-refractivity contribution < 1.29 is 13.3 Å². The Morgan fingerprint density at radius 3 is 2.15 bits per heavy atom. The van der Waals surface area contributed by atoms with Crippen LogP contribution in [0.15, 0.2) is 29.2 Å². The molecule has 0 radical (unpaired) electrons. The number of hydrogen-bond acceptors (Lipinski definition) is 2. The summed E-state index contributed by atoms with van der Waals surface area (Å²) in [7, 11) is -4.81. The average molecular weight is 221 g/mol. The number of hydrogen-bond donors (Lipinski definition) is 3. The number of benzene rings is 1. The highest BCUT2D eigenvalue weighted by Crippen LogP contribution is 2.11. The summed E-state index contributed by atoms with van der Waals surface area (Å²) in [6.45, 7) is 0. The fourth-order valence-corrected chi connectivity index (χ4v) is 2.64. The van der Waals surface area contributed by atoms with E-state index in [0.29, 0.717) is 10.6 Å². The third kappa shape index (κ3) is 2.70. The third-order valence-electron chi connectivity index (χ3n) is 1.54. The Bertz CT molecular complexity index is 410. The maximum atomic E-state index is 10.9. The Morgan fingerprint density at radius 2 is 1.77 bits per heavy atom. The van der Waals surface area contributed by atoms with Crippen LogP contribution in [0.2, 0.25) is 0 Å². The van der Waals surface area contributed by atoms with Crippen molar-refractivity contribution in [1.82, 2.24) is 0 Å². The zero-order chi connectivity index (χ0) is 10.1. The molecule has 0 saturated carbocycles. The molecule has 1 unspecified atom stereocenters. The number of anilines is 1. The predicted octanol–water partition coefficient (Wildman–Crippen LogP) is 1.02. The zero-order valence-corrected chi connectivity index (χ0v) is 8.64. The molecule has 1 atom stereocenters. The van der Waals surface area contributed by atoms with Crippen LogP contribution in [0, 0.1) is 0 Å². The van der Waals surface area contributed by atoms with E-state index in [4.69, 9.17) is 14.8 Å². The largest absolute Gasteiger partial charge is 0.399 e. The molecular formula is C7H11NO3S2. The van der Waals surface area contributed by atoms with Crippen molar-refractivity contribution in [2.45, 2.75) is 4.90 Å². The van der Waals surface area contributed by atoms with Gasteiger partial charge in [0.2, 0.25) is 9.05 Å². The number of nitrogens with two attached hydrogens (primary N) is 1. The van der Waals surface area contributed by atoms with E-state index >= 15 is 0 Å². The molecule has 1 aromatic carbocycles. The standard InChI is InChI=1S/C7H11NO3S2/c1-12(13(9,10)11)7-4-2-6(8)3-5-7/h2-5H,8H2,1H3,(H2,9,10,11). The molecule has 0 spiro atoms. The summed E-state index contributed by atoms with van der Waals surface area (Å²) in [5.74, 6) is 0. The molecule has 13 heavy (non-hydrogen) atoms. The van der Waals surface area contributed by atoms with Crippen molar-refractivity contribution in [2.75, 3.05) is 12.0 Å². The Kier molecular flexibility index (Phi) is 2.97. The van der Waals surface area contributed by atoms with Crippen LogP contribution in [-0.2, 0) is 18.5 Å². The van der Waals surface area contributed by atoms with Crippen molar-refractivity contribution in [3.63, 3.8) is 0 Å². The van der Waals surface area contributed by atoms with E-state index in [1.54, 1.807) is 24.3 Å². The van der Waals surface area contributed by atoms with Crippen LogP contribution in [-0.4, -0.2) is 19.6 Å². The van der Waals surface area contributed by atoms with Gasteiger partial charge in [0.15, 0.2) is 0 Å². The molecule has 1 aromatic rings. The first-order valence-electron chi connectivity index (χ1n) is 3.42. The highest BCUT2D eigenvalue weighted by atomic mass is 32.9. The maximum Gasteiger partial charge on any atom is 0.227 e. The Balaban J connectivity index is 3.27. The van der Waals surface area contributed by atoms with E-state index in [1.165, 1.54) is 6.26 Å². The Labute approximate surface area is 79.0 Å². The van der Waals surface area contributed by atoms with E-state index in [1.807, 2.05) is 0 Å². The molecule has 1 rings (SSSR count). The topological polar surface area (TPSA) is 83.6 Å². The molecule has 6 heteroatoms. The van der Waals surface area contributed by atoms with Crippen molar-refractivity contribution in [3.05, 3.63) is 24.3 Å². The van der Waals surface area contributed by atoms with Crippen LogP contribution in [0.25, 0.3) is 0 Å². The normalized spacial score (nSPS) is 14.1. The number of nitrogen functional groups attached to an aromatic ring is 1. The summed E-state index contributed by atoms with van der Waals surface area (Å²) < 4.78 is 28.6. The highest BCUT2D eigenvalue weighted by Gasteiger charge is 2.03. The average Bonchev–Trinajstić information content (AvgIpc) is 2.03. The van der Waals surface area contributed by atoms with Gasteiger partial charge < -0.3 is 5.73 Å². The lowest BCUT2D eigenvalue weighted by molar-refractivity contribution is 0.450. The molecule has 0 aliphatic carbocycles. The second-order valence-electron chi connectivity index (χ2n) is 2.47. The molecule has 74 valence electrons. The lowest BCUT2D eigenvalue weighted by atomic mass is 10.3. The fourth-order valence-electron chi connectivity index (χ4n) is 0.785. The van der Waals surface area contributed by atoms with Crippen LogP contribution in [0.4, 0.5) is 5.69 Å². The summed E-state index contributed by atoms with van der Waals surface area (Å²) >= 11 is 0. The molecule has 0 aromatic heterocycles. The van der Waals surface area contributed by atoms with Crippen molar-refractivity contribution >= 4 is 24.2 Å². The van der Waals surface area contributed by atoms with E-state index in [9.17, 15) is 4.21 Å². The van der Waals surface area contributed by atoms with Gasteiger partial charge in [0, 0.05) is 10.6 Å². The summed E-state index contributed by atoms with van der Waals surface area (Å²) in [5, 5.41) is 0. The minimum absolute atomic E-state index is 0.586. The van der Waals surface area contributed by atoms with Crippen LogP contribution in [0.1, 0.15) is 0 Å². The van der Waals surface area contributed by atoms with E-state index in [-0.39, 0.29) is 0 Å². The lowest BCUT2D eigenvalue weighted by Crippen LogP contribution is -2.05. The quantitative estimate of drug-likeness (QED) is 0.618. The third-order valence-corrected chi connectivity index (χ3v) is 5.66. The monoisotopic (exact) mass is 221 g/mol. The van der Waals surface area contributed by atoms with Gasteiger partial charge in [-0.25, -0.2) is 4.21 Å². The highest BCUT2D eigenvalue weighted by molar-refractivity contribution is 8.42. The van der Waals surface area contributed by atoms with Gasteiger partial charge in [-0.05, 0) is 30.5 Å². The SMILES string of the molecule is CS(c1ccc(N)cc1)=S(=O)(O)O. The van der Waals surface area contributed by atoms with Gasteiger partial charge in [-0.1, -0.05) is 9.45 Å². The molecule has 0 amide bonds. The molecule has 0 bridgehead atoms. The van der Waals surface area contributed by atoms with Crippen molar-refractivity contribution in [3.8, 4) is 0 Å². The van der Waals surface area contributed by atoms with Crippen LogP contribution in [0.3, 0.4) is 0 Å². The zero-order valence-electron chi connectivity index (χ0n) is 7.01. The molecule has 0 fully saturated rings. The predicted molar refractivity (Wildman–Crippen MR) is 55.8 cm³/mol. The summed E-state index contributed by atoms with van der Waals surface area (Å²) in [4.78, 5) is 0.615. The molecule has 0 aliphatic heterocycles. The van der Waals surface area contributed by atoms with Gasteiger partial charge in [0.05, 0.1) is 0 Å². The van der Waals surface area contributed by atoms with Gasteiger partial charge in [-0.2, -0.15) is 0 Å². The van der Waals surface area contributed by atoms with Gasteiger partial charge in [-0.15, -0.1) is 0 Å². The molecule has 0 heterocycles. The Morgan fingerprint density at radius 1 is 1.31 bits per heavy atom. The van der Waals surface area contributed by atoms with Gasteiger partial charge in [-0.3, -0.25) is 9.11 Å².